The number of furan rings is 1. The van der Waals surface area contributed by atoms with Gasteiger partial charge in [0.15, 0.2) is 0 Å². The van der Waals surface area contributed by atoms with E-state index in [0.29, 0.717) is 29.6 Å². The van der Waals surface area contributed by atoms with Crippen LogP contribution in [0.1, 0.15) is 36.7 Å². The fourth-order valence-corrected chi connectivity index (χ4v) is 4.20. The second-order valence-corrected chi connectivity index (χ2v) is 9.20. The molecule has 0 radical (unpaired) electrons. The summed E-state index contributed by atoms with van der Waals surface area (Å²) in [5.41, 5.74) is -0.415. The third kappa shape index (κ3) is 7.41. The Kier molecular flexibility index (Phi) is 8.64. The van der Waals surface area contributed by atoms with E-state index in [4.69, 9.17) is 23.5 Å². The topological polar surface area (TPSA) is 87.4 Å². The number of amides is 1. The van der Waals surface area contributed by atoms with Crippen LogP contribution in [0.2, 0.25) is 0 Å². The Hall–Kier alpha value is -4.95. The van der Waals surface area contributed by atoms with E-state index in [1.165, 1.54) is 6.07 Å². The van der Waals surface area contributed by atoms with Crippen molar-refractivity contribution in [2.24, 2.45) is 0 Å². The monoisotopic (exact) mass is 579 g/mol. The van der Waals surface area contributed by atoms with Crippen molar-refractivity contribution in [2.75, 3.05) is 6.54 Å². The van der Waals surface area contributed by atoms with Crippen LogP contribution >= 0.6 is 0 Å². The first-order chi connectivity index (χ1) is 20.2. The zero-order chi connectivity index (χ0) is 29.5. The van der Waals surface area contributed by atoms with E-state index in [1.807, 2.05) is 0 Å². The molecule has 42 heavy (non-hydrogen) atoms. The summed E-state index contributed by atoms with van der Waals surface area (Å²) >= 11 is 0. The van der Waals surface area contributed by atoms with Crippen molar-refractivity contribution in [2.45, 2.75) is 37.6 Å². The van der Waals surface area contributed by atoms with Crippen molar-refractivity contribution in [1.29, 1.82) is 0 Å². The zero-order valence-electron chi connectivity index (χ0n) is 22.0. The number of fused-ring (bicyclic) bond motifs is 1. The first-order valence-electron chi connectivity index (χ1n) is 13.0. The second kappa shape index (κ2) is 12.7. The number of rotatable bonds is 5. The molecule has 0 unspecified atom stereocenters. The highest BCUT2D eigenvalue weighted by Gasteiger charge is 2.32. The number of hydroxylamine groups is 2. The number of hydrogen-bond donors (Lipinski definition) is 0. The molecule has 1 saturated heterocycles. The lowest BCUT2D eigenvalue weighted by molar-refractivity contribution is -0.137. The van der Waals surface area contributed by atoms with Gasteiger partial charge in [0.1, 0.15) is 35.1 Å². The third-order valence-corrected chi connectivity index (χ3v) is 6.18. The van der Waals surface area contributed by atoms with E-state index in [0.717, 1.165) is 17.2 Å². The minimum absolute atomic E-state index is 0.109. The molecule has 2 atom stereocenters. The van der Waals surface area contributed by atoms with Gasteiger partial charge in [0, 0.05) is 11.8 Å². The lowest BCUT2D eigenvalue weighted by Gasteiger charge is -2.19. The molecule has 2 heterocycles. The highest BCUT2D eigenvalue weighted by atomic mass is 19.4. The smallest absolute Gasteiger partial charge is 0.458 e. The number of hydrogen-bond acceptors (Lipinski definition) is 7. The Labute approximate surface area is 238 Å². The van der Waals surface area contributed by atoms with Gasteiger partial charge in [0.05, 0.1) is 12.1 Å². The predicted molar refractivity (Wildman–Crippen MR) is 143 cm³/mol. The Balaban J connectivity index is 1.18. The maximum atomic E-state index is 13.0. The number of halogens is 3. The molecule has 11 heteroatoms. The van der Waals surface area contributed by atoms with Crippen LogP contribution in [0.15, 0.2) is 89.3 Å². The molecule has 8 nitrogen and oxygen atoms in total. The molecular formula is C31H24F3NO7. The lowest BCUT2D eigenvalue weighted by Crippen LogP contribution is -2.37. The molecule has 1 fully saturated rings. The molecule has 5 rings (SSSR count). The molecular weight excluding hydrogens is 555 g/mol. The van der Waals surface area contributed by atoms with Gasteiger partial charge in [-0.1, -0.05) is 48.2 Å². The van der Waals surface area contributed by atoms with Gasteiger partial charge in [-0.15, -0.1) is 5.06 Å². The van der Waals surface area contributed by atoms with Gasteiger partial charge in [-0.05, 0) is 61.4 Å². The summed E-state index contributed by atoms with van der Waals surface area (Å²) in [4.78, 5) is 30.1. The highest BCUT2D eigenvalue weighted by molar-refractivity contribution is 5.79. The molecule has 0 aliphatic carbocycles. The van der Waals surface area contributed by atoms with Crippen molar-refractivity contribution in [3.8, 4) is 23.3 Å². The Morgan fingerprint density at radius 2 is 1.60 bits per heavy atom. The molecule has 0 spiro atoms. The molecule has 1 aliphatic rings. The minimum atomic E-state index is -4.45. The average molecular weight is 580 g/mol. The van der Waals surface area contributed by atoms with E-state index in [1.54, 1.807) is 66.7 Å². The van der Waals surface area contributed by atoms with Gasteiger partial charge in [0.25, 0.3) is 0 Å². The van der Waals surface area contributed by atoms with E-state index in [2.05, 4.69) is 11.8 Å². The van der Waals surface area contributed by atoms with Crippen molar-refractivity contribution in [1.82, 2.24) is 5.06 Å². The molecule has 216 valence electrons. The van der Waals surface area contributed by atoms with Gasteiger partial charge < -0.3 is 18.6 Å². The number of carbonyl (C=O) groups excluding carboxylic acids is 2. The number of carbonyl (C=O) groups is 2. The fourth-order valence-electron chi connectivity index (χ4n) is 4.20. The van der Waals surface area contributed by atoms with Crippen LogP contribution < -0.4 is 9.47 Å². The largest absolute Gasteiger partial charge is 0.539 e. The SMILES string of the molecule is O=C(Oc1ccccc1)ON(CCC#C[C@@H]1CC[C@H](c2cc3cc(C(F)(F)F)ccc3o2)O1)C(=O)Oc1ccccc1. The van der Waals surface area contributed by atoms with Crippen LogP contribution in [0.4, 0.5) is 22.8 Å². The summed E-state index contributed by atoms with van der Waals surface area (Å²) in [6.07, 6.45) is -6.19. The highest BCUT2D eigenvalue weighted by Crippen LogP contribution is 2.37. The van der Waals surface area contributed by atoms with Gasteiger partial charge in [-0.25, -0.2) is 9.59 Å². The first kappa shape index (κ1) is 28.6. The molecule has 3 aromatic carbocycles. The van der Waals surface area contributed by atoms with Gasteiger partial charge >= 0.3 is 18.4 Å². The van der Waals surface area contributed by atoms with Crippen LogP contribution in [0, 0.1) is 11.8 Å². The van der Waals surface area contributed by atoms with E-state index in [9.17, 15) is 22.8 Å². The standard InChI is InChI=1S/C31H24F3NO7/c32-31(33,34)22-14-16-26-21(19-22)20-28(41-26)27-17-15-25(38-27)13-7-8-18-35(29(36)39-23-9-3-1-4-10-23)42-30(37)40-24-11-5-2-6-12-24/h1-6,9-12,14,16,19-20,25,27H,8,15,17-18H2/t25-,27-/m1/s1. The third-order valence-electron chi connectivity index (χ3n) is 6.18. The van der Waals surface area contributed by atoms with E-state index >= 15 is 0 Å². The molecule has 1 amide bonds. The quantitative estimate of drug-likeness (QED) is 0.104. The van der Waals surface area contributed by atoms with Crippen LogP contribution in [0.25, 0.3) is 11.0 Å². The van der Waals surface area contributed by atoms with Crippen molar-refractivity contribution in [3.63, 3.8) is 0 Å². The van der Waals surface area contributed by atoms with Crippen molar-refractivity contribution in [3.05, 3.63) is 96.3 Å². The van der Waals surface area contributed by atoms with Crippen LogP contribution in [-0.4, -0.2) is 30.0 Å². The average Bonchev–Trinajstić information content (AvgIpc) is 3.62. The molecule has 1 aromatic heterocycles. The van der Waals surface area contributed by atoms with Gasteiger partial charge in [-0.3, -0.25) is 4.84 Å². The minimum Gasteiger partial charge on any atom is -0.458 e. The summed E-state index contributed by atoms with van der Waals surface area (Å²) in [6.45, 7) is -0.121. The number of para-hydroxylation sites is 2. The number of benzene rings is 3. The van der Waals surface area contributed by atoms with E-state index in [-0.39, 0.29) is 24.5 Å². The molecule has 0 bridgehead atoms. The van der Waals surface area contributed by atoms with Crippen LogP contribution in [-0.2, 0) is 15.8 Å². The number of nitrogens with zero attached hydrogens (tertiary/aromatic N) is 1. The maximum Gasteiger partial charge on any atom is 0.539 e. The summed E-state index contributed by atoms with van der Waals surface area (Å²) in [5.74, 6) is 6.79. The van der Waals surface area contributed by atoms with Crippen LogP contribution in [0.3, 0.4) is 0 Å². The van der Waals surface area contributed by atoms with Gasteiger partial charge in [0.2, 0.25) is 0 Å². The maximum absolute atomic E-state index is 13.0. The zero-order valence-corrected chi connectivity index (χ0v) is 22.0. The van der Waals surface area contributed by atoms with Crippen molar-refractivity contribution >= 4 is 23.2 Å². The lowest BCUT2D eigenvalue weighted by atomic mass is 10.1. The summed E-state index contributed by atoms with van der Waals surface area (Å²) in [7, 11) is 0. The van der Waals surface area contributed by atoms with Gasteiger partial charge in [-0.2, -0.15) is 13.2 Å². The van der Waals surface area contributed by atoms with Crippen molar-refractivity contribution < 1.29 is 46.2 Å². The molecule has 0 N–H and O–H groups in total. The first-order valence-corrected chi connectivity index (χ1v) is 13.0. The molecule has 0 saturated carbocycles. The molecule has 4 aromatic rings. The number of ether oxygens (including phenoxy) is 3. The predicted octanol–water partition coefficient (Wildman–Crippen LogP) is 7.70. The van der Waals surface area contributed by atoms with Crippen LogP contribution in [0.5, 0.6) is 11.5 Å². The second-order valence-electron chi connectivity index (χ2n) is 9.20. The summed E-state index contributed by atoms with van der Waals surface area (Å²) in [6, 6.07) is 21.3. The molecule has 1 aliphatic heterocycles. The Bertz CT molecular complexity index is 1590. The summed E-state index contributed by atoms with van der Waals surface area (Å²) < 4.78 is 61.1. The Morgan fingerprint density at radius 1 is 0.905 bits per heavy atom. The normalized spacial score (nSPS) is 16.4. The fraction of sp³-hybridized carbons (Fsp3) is 0.226. The number of alkyl halides is 3. The summed E-state index contributed by atoms with van der Waals surface area (Å²) in [5, 5.41) is 1.06. The van der Waals surface area contributed by atoms with E-state index < -0.39 is 36.2 Å². The Morgan fingerprint density at radius 3 is 2.29 bits per heavy atom.